The Morgan fingerprint density at radius 2 is 1.27 bits per heavy atom. The molecule has 1 amide bonds. The molecule has 3 heterocycles. The number of nitrogens with one attached hydrogen (secondary N) is 3. The molecule has 51 heavy (non-hydrogen) atoms. The van der Waals surface area contributed by atoms with E-state index in [1.165, 1.54) is 19.1 Å². The van der Waals surface area contributed by atoms with Crippen molar-refractivity contribution in [3.05, 3.63) is 95.6 Å². The molecule has 0 aliphatic carbocycles. The summed E-state index contributed by atoms with van der Waals surface area (Å²) >= 11 is 35.9. The molecular weight excluding hydrogens is 932 g/mol. The Morgan fingerprint density at radius 3 is 1.88 bits per heavy atom. The lowest BCUT2D eigenvalue weighted by molar-refractivity contribution is -0.114. The molecule has 3 N–H and O–H groups in total. The second-order valence-electron chi connectivity index (χ2n) is 9.66. The van der Waals surface area contributed by atoms with E-state index in [-0.39, 0.29) is 40.3 Å². The Kier molecular flexibility index (Phi) is 12.9. The van der Waals surface area contributed by atoms with E-state index >= 15 is 0 Å². The number of nitrogens with zero attached hydrogens (tertiary/aromatic N) is 4. The van der Waals surface area contributed by atoms with Crippen LogP contribution in [0, 0.1) is 0 Å². The molecule has 12 nitrogen and oxygen atoms in total. The lowest BCUT2D eigenvalue weighted by Gasteiger charge is -2.08. The van der Waals surface area contributed by atoms with Crippen molar-refractivity contribution in [1.82, 2.24) is 20.4 Å². The van der Waals surface area contributed by atoms with Gasteiger partial charge in [-0.15, -0.1) is 31.7 Å². The summed E-state index contributed by atoms with van der Waals surface area (Å²) in [6.07, 6.45) is 0. The van der Waals surface area contributed by atoms with Gasteiger partial charge in [-0.1, -0.05) is 98.9 Å². The van der Waals surface area contributed by atoms with Gasteiger partial charge in [0.05, 0.1) is 28.9 Å². The minimum absolute atomic E-state index is 0.0584. The summed E-state index contributed by atoms with van der Waals surface area (Å²) < 4.78 is 55.5. The molecule has 0 radical (unpaired) electrons. The van der Waals surface area contributed by atoms with Crippen molar-refractivity contribution in [3.8, 4) is 21.1 Å². The lowest BCUT2D eigenvalue weighted by atomic mass is 10.2. The van der Waals surface area contributed by atoms with Gasteiger partial charge >= 0.3 is 0 Å². The number of hydrogen-bond acceptors (Lipinski definition) is 12. The Bertz CT molecular complexity index is 2460. The summed E-state index contributed by atoms with van der Waals surface area (Å²) in [5, 5.41) is 20.2. The van der Waals surface area contributed by atoms with Gasteiger partial charge in [0.25, 0.3) is 20.0 Å². The monoisotopic (exact) mass is 945 g/mol. The van der Waals surface area contributed by atoms with Crippen molar-refractivity contribution >= 4 is 150 Å². The zero-order valence-electron chi connectivity index (χ0n) is 25.0. The molecule has 6 rings (SSSR count). The predicted molar refractivity (Wildman–Crippen MR) is 210 cm³/mol. The quantitative estimate of drug-likeness (QED) is 0.119. The van der Waals surface area contributed by atoms with Gasteiger partial charge in [-0.3, -0.25) is 14.2 Å². The maximum atomic E-state index is 12.6. The molecule has 3 aromatic heterocycles. The average molecular weight is 949 g/mol. The van der Waals surface area contributed by atoms with Crippen LogP contribution in [0.15, 0.2) is 80.3 Å². The molecule has 0 atom stereocenters. The largest absolute Gasteiger partial charge is 0.326 e. The van der Waals surface area contributed by atoms with E-state index in [0.717, 1.165) is 40.1 Å². The molecule has 266 valence electrons. The minimum Gasteiger partial charge on any atom is -0.326 e. The van der Waals surface area contributed by atoms with E-state index in [0.29, 0.717) is 40.7 Å². The summed E-state index contributed by atoms with van der Waals surface area (Å²) in [5.41, 5.74) is 2.04. The molecule has 0 spiro atoms. The maximum Gasteiger partial charge on any atom is 0.274 e. The van der Waals surface area contributed by atoms with Gasteiger partial charge in [0.2, 0.25) is 16.2 Å². The SMILES string of the molecule is CC(=O)Nc1ccc(-c2nnc(NS(=O)(=O)c3cc(Cl)c(Cl)cc3Cl)s2)cc1.O=S(=O)(Nc1nnc(-c2ccccc2Cl)s1)c1sc(Cl)cc1Br. The highest BCUT2D eigenvalue weighted by Crippen LogP contribution is 2.38. The fourth-order valence-electron chi connectivity index (χ4n) is 3.84. The van der Waals surface area contributed by atoms with Crippen molar-refractivity contribution in [3.63, 3.8) is 0 Å². The normalized spacial score (nSPS) is 11.4. The molecule has 6 aromatic rings. The third kappa shape index (κ3) is 10.1. The van der Waals surface area contributed by atoms with E-state index in [1.807, 2.05) is 6.07 Å². The first-order valence-corrected chi connectivity index (χ1v) is 21.6. The topological polar surface area (TPSA) is 173 Å². The number of carbonyl (C=O) groups is 1. The van der Waals surface area contributed by atoms with Crippen LogP contribution in [0.2, 0.25) is 24.4 Å². The van der Waals surface area contributed by atoms with Crippen molar-refractivity contribution < 1.29 is 21.6 Å². The van der Waals surface area contributed by atoms with Crippen molar-refractivity contribution in [2.75, 3.05) is 14.8 Å². The van der Waals surface area contributed by atoms with E-state index < -0.39 is 20.0 Å². The van der Waals surface area contributed by atoms with Crippen LogP contribution in [-0.2, 0) is 24.8 Å². The second-order valence-corrected chi connectivity index (χ2v) is 19.3. The third-order valence-corrected chi connectivity index (χ3v) is 15.1. The summed E-state index contributed by atoms with van der Waals surface area (Å²) in [6.45, 7) is 1.41. The number of thiophene rings is 1. The van der Waals surface area contributed by atoms with Crippen LogP contribution in [-0.4, -0.2) is 43.1 Å². The van der Waals surface area contributed by atoms with E-state index in [2.05, 4.69) is 51.1 Å². The first-order valence-electron chi connectivity index (χ1n) is 13.5. The number of sulfonamides is 2. The average Bonchev–Trinajstić information content (AvgIpc) is 3.79. The van der Waals surface area contributed by atoms with E-state index in [4.69, 9.17) is 58.0 Å². The Labute approximate surface area is 336 Å². The molecule has 0 unspecified atom stereocenters. The zero-order valence-corrected chi connectivity index (χ0v) is 34.4. The predicted octanol–water partition coefficient (Wildman–Crippen LogP) is 10.1. The molecule has 0 aliphatic heterocycles. The van der Waals surface area contributed by atoms with Crippen LogP contribution < -0.4 is 14.8 Å². The number of amides is 1. The van der Waals surface area contributed by atoms with Crippen LogP contribution in [0.5, 0.6) is 0 Å². The Hall–Kier alpha value is -2.62. The maximum absolute atomic E-state index is 12.6. The first kappa shape index (κ1) is 39.6. The summed E-state index contributed by atoms with van der Waals surface area (Å²) in [5.74, 6) is -0.179. The number of hydrogen-bond donors (Lipinski definition) is 3. The number of rotatable bonds is 9. The number of benzene rings is 3. The summed E-state index contributed by atoms with van der Waals surface area (Å²) in [7, 11) is -7.83. The highest BCUT2D eigenvalue weighted by Gasteiger charge is 2.24. The highest BCUT2D eigenvalue weighted by molar-refractivity contribution is 9.10. The minimum atomic E-state index is -4.04. The first-order chi connectivity index (χ1) is 24.0. The van der Waals surface area contributed by atoms with Gasteiger partial charge in [0.15, 0.2) is 9.22 Å². The molecule has 0 bridgehead atoms. The molecule has 0 saturated heterocycles. The smallest absolute Gasteiger partial charge is 0.274 e. The van der Waals surface area contributed by atoms with Gasteiger partial charge < -0.3 is 5.32 Å². The van der Waals surface area contributed by atoms with Gasteiger partial charge in [0, 0.05) is 23.7 Å². The van der Waals surface area contributed by atoms with E-state index in [9.17, 15) is 21.6 Å². The summed E-state index contributed by atoms with van der Waals surface area (Å²) in [6, 6.07) is 18.0. The molecule has 0 aliphatic rings. The van der Waals surface area contributed by atoms with Crippen molar-refractivity contribution in [2.24, 2.45) is 0 Å². The van der Waals surface area contributed by atoms with E-state index in [1.54, 1.807) is 42.5 Å². The molecule has 23 heteroatoms. The van der Waals surface area contributed by atoms with Crippen molar-refractivity contribution in [2.45, 2.75) is 16.0 Å². The van der Waals surface area contributed by atoms with Crippen LogP contribution >= 0.6 is 108 Å². The Morgan fingerprint density at radius 1 is 0.686 bits per heavy atom. The zero-order chi connectivity index (χ0) is 37.1. The summed E-state index contributed by atoms with van der Waals surface area (Å²) in [4.78, 5) is 10.8. The lowest BCUT2D eigenvalue weighted by Crippen LogP contribution is -2.13. The molecular formula is C28H17BrCl5N7O5S5. The van der Waals surface area contributed by atoms with Crippen LogP contribution in [0.4, 0.5) is 16.0 Å². The molecule has 3 aromatic carbocycles. The van der Waals surface area contributed by atoms with Gasteiger partial charge in [-0.25, -0.2) is 16.8 Å². The van der Waals surface area contributed by atoms with Crippen LogP contribution in [0.1, 0.15) is 6.92 Å². The number of carbonyl (C=O) groups excluding carboxylic acids is 1. The fourth-order valence-corrected chi connectivity index (χ4v) is 12.1. The third-order valence-electron chi connectivity index (χ3n) is 5.98. The second kappa shape index (κ2) is 16.6. The van der Waals surface area contributed by atoms with Crippen LogP contribution in [0.3, 0.4) is 0 Å². The van der Waals surface area contributed by atoms with Crippen LogP contribution in [0.25, 0.3) is 21.1 Å². The van der Waals surface area contributed by atoms with Gasteiger partial charge in [0.1, 0.15) is 9.90 Å². The molecule has 0 fully saturated rings. The fraction of sp³-hybridized carbons (Fsp3) is 0.0357. The Balaban J connectivity index is 0.000000201. The standard InChI is InChI=1S/C16H11Cl3N4O3S2.C12H6BrCl2N3O2S3/c1-8(24)20-10-4-2-9(3-5-10)15-21-22-16(27-15)23-28(25,26)14-7-12(18)11(17)6-13(14)19;13-7-5-9(15)21-11(7)23(19,20)18-12-17-16-10(22-12)6-3-1-2-4-8(6)14/h2-7H,1H3,(H,20,24)(H,22,23);1-5H,(H,17,18). The van der Waals surface area contributed by atoms with Gasteiger partial charge in [-0.05, 0) is 64.5 Å². The van der Waals surface area contributed by atoms with Crippen molar-refractivity contribution in [1.29, 1.82) is 0 Å². The highest BCUT2D eigenvalue weighted by atomic mass is 79.9. The number of aromatic nitrogens is 4. The van der Waals surface area contributed by atoms with Gasteiger partial charge in [-0.2, -0.15) is 0 Å². The number of halogens is 6. The number of anilines is 3. The molecule has 0 saturated carbocycles.